The third-order valence-corrected chi connectivity index (χ3v) is 6.66. The lowest BCUT2D eigenvalue weighted by atomic mass is 9.87. The number of carbonyl (C=O) groups is 1. The molecule has 2 aromatic carbocycles. The molecule has 1 aromatic heterocycles. The van der Waals surface area contributed by atoms with Crippen LogP contribution in [0.2, 0.25) is 0 Å². The number of aromatic amines is 1. The number of para-hydroxylation sites is 1. The number of amides is 1. The monoisotopic (exact) mass is 440 g/mol. The van der Waals surface area contributed by atoms with Gasteiger partial charge in [0.2, 0.25) is 5.91 Å². The van der Waals surface area contributed by atoms with Gasteiger partial charge in [-0.3, -0.25) is 4.79 Å². The molecule has 1 N–H and O–H groups in total. The Morgan fingerprint density at radius 2 is 2.03 bits per heavy atom. The van der Waals surface area contributed by atoms with E-state index in [9.17, 15) is 13.2 Å². The van der Waals surface area contributed by atoms with E-state index < -0.39 is 15.6 Å². The van der Waals surface area contributed by atoms with Gasteiger partial charge in [0.1, 0.15) is 11.5 Å². The van der Waals surface area contributed by atoms with Crippen LogP contribution < -0.4 is 4.74 Å². The summed E-state index contributed by atoms with van der Waals surface area (Å²) in [7, 11) is -3.42. The standard InChI is InChI=1S/C24H28N2O4S/c1-4-30-23-13-20-17(11-16(23)2)9-10-26(24(27)15-31(3,28)29)22(20)12-18-14-25-21-8-6-5-7-19(18)21/h5-8,11,13-14,22,25H,4,9-10,12,15H2,1-3H3. The van der Waals surface area contributed by atoms with Crippen molar-refractivity contribution < 1.29 is 17.9 Å². The van der Waals surface area contributed by atoms with Gasteiger partial charge in [0.05, 0.1) is 12.6 Å². The third-order valence-electron chi connectivity index (χ3n) is 5.89. The first-order valence-corrected chi connectivity index (χ1v) is 12.6. The quantitative estimate of drug-likeness (QED) is 0.635. The molecular formula is C24H28N2O4S. The van der Waals surface area contributed by atoms with Gasteiger partial charge in [-0.15, -0.1) is 0 Å². The lowest BCUT2D eigenvalue weighted by Crippen LogP contribution is -2.43. The zero-order chi connectivity index (χ0) is 22.2. The normalized spacial score (nSPS) is 16.4. The summed E-state index contributed by atoms with van der Waals surface area (Å²) in [5.41, 5.74) is 5.44. The van der Waals surface area contributed by atoms with Crippen molar-refractivity contribution in [3.05, 3.63) is 64.8 Å². The molecule has 6 nitrogen and oxygen atoms in total. The Bertz CT molecular complexity index is 1230. The summed E-state index contributed by atoms with van der Waals surface area (Å²) in [5.74, 6) is -0.0178. The average molecular weight is 441 g/mol. The molecule has 1 atom stereocenters. The molecule has 1 unspecified atom stereocenters. The van der Waals surface area contributed by atoms with Gasteiger partial charge in [0.15, 0.2) is 9.84 Å². The molecular weight excluding hydrogens is 412 g/mol. The average Bonchev–Trinajstić information content (AvgIpc) is 3.11. The molecule has 1 aliphatic rings. The lowest BCUT2D eigenvalue weighted by Gasteiger charge is -2.38. The number of rotatable bonds is 6. The Kier molecular flexibility index (Phi) is 5.79. The first kappa shape index (κ1) is 21.4. The number of nitrogens with zero attached hydrogens (tertiary/aromatic N) is 1. The smallest absolute Gasteiger partial charge is 0.238 e. The van der Waals surface area contributed by atoms with E-state index in [4.69, 9.17) is 4.74 Å². The van der Waals surface area contributed by atoms with Gasteiger partial charge in [0, 0.05) is 29.9 Å². The molecule has 0 fully saturated rings. The highest BCUT2D eigenvalue weighted by molar-refractivity contribution is 7.91. The zero-order valence-electron chi connectivity index (χ0n) is 18.1. The van der Waals surface area contributed by atoms with Gasteiger partial charge in [-0.2, -0.15) is 0 Å². The number of aromatic nitrogens is 1. The summed E-state index contributed by atoms with van der Waals surface area (Å²) < 4.78 is 29.5. The van der Waals surface area contributed by atoms with Gasteiger partial charge < -0.3 is 14.6 Å². The van der Waals surface area contributed by atoms with Crippen molar-refractivity contribution in [2.24, 2.45) is 0 Å². The number of fused-ring (bicyclic) bond motifs is 2. The van der Waals surface area contributed by atoms with Crippen LogP contribution in [-0.4, -0.2) is 49.4 Å². The van der Waals surface area contributed by atoms with Crippen LogP contribution in [0.4, 0.5) is 0 Å². The highest BCUT2D eigenvalue weighted by Gasteiger charge is 2.33. The number of sulfone groups is 1. The minimum absolute atomic E-state index is 0.253. The summed E-state index contributed by atoms with van der Waals surface area (Å²) >= 11 is 0. The minimum Gasteiger partial charge on any atom is -0.494 e. The SMILES string of the molecule is CCOc1cc2c(cc1C)CCN(C(=O)CS(C)(=O)=O)C2Cc1c[nH]c2ccccc12. The number of nitrogens with one attached hydrogen (secondary N) is 1. The molecule has 0 bridgehead atoms. The maximum Gasteiger partial charge on any atom is 0.238 e. The number of hydrogen-bond acceptors (Lipinski definition) is 4. The number of carbonyl (C=O) groups excluding carboxylic acids is 1. The van der Waals surface area contributed by atoms with Crippen LogP contribution in [0, 0.1) is 6.92 Å². The predicted molar refractivity (Wildman–Crippen MR) is 122 cm³/mol. The fourth-order valence-corrected chi connectivity index (χ4v) is 5.11. The molecule has 31 heavy (non-hydrogen) atoms. The highest BCUT2D eigenvalue weighted by atomic mass is 32.2. The summed E-state index contributed by atoms with van der Waals surface area (Å²) in [6.45, 7) is 5.04. The van der Waals surface area contributed by atoms with Gasteiger partial charge >= 0.3 is 0 Å². The number of benzene rings is 2. The largest absolute Gasteiger partial charge is 0.494 e. The van der Waals surface area contributed by atoms with Gasteiger partial charge in [-0.25, -0.2) is 8.42 Å². The van der Waals surface area contributed by atoms with Crippen molar-refractivity contribution in [2.45, 2.75) is 32.7 Å². The first-order valence-electron chi connectivity index (χ1n) is 10.5. The number of hydrogen-bond donors (Lipinski definition) is 1. The van der Waals surface area contributed by atoms with Crippen LogP contribution in [0.15, 0.2) is 42.6 Å². The molecule has 2 heterocycles. The van der Waals surface area contributed by atoms with E-state index in [1.54, 1.807) is 4.90 Å². The summed E-state index contributed by atoms with van der Waals surface area (Å²) in [5, 5.41) is 1.11. The molecule has 0 aliphatic carbocycles. The fourth-order valence-electron chi connectivity index (χ4n) is 4.50. The molecule has 0 saturated carbocycles. The molecule has 0 spiro atoms. The zero-order valence-corrected chi connectivity index (χ0v) is 19.0. The number of aryl methyl sites for hydroxylation is 1. The second-order valence-corrected chi connectivity index (χ2v) is 10.4. The van der Waals surface area contributed by atoms with Crippen molar-refractivity contribution >= 4 is 26.6 Å². The van der Waals surface area contributed by atoms with Crippen LogP contribution in [0.3, 0.4) is 0 Å². The Labute approximate surface area is 183 Å². The van der Waals surface area contributed by atoms with Gasteiger partial charge in [0.25, 0.3) is 0 Å². The predicted octanol–water partition coefficient (Wildman–Crippen LogP) is 3.59. The van der Waals surface area contributed by atoms with Gasteiger partial charge in [-0.05, 0) is 61.1 Å². The van der Waals surface area contributed by atoms with E-state index >= 15 is 0 Å². The maximum atomic E-state index is 13.0. The molecule has 3 aromatic rings. The molecule has 0 radical (unpaired) electrons. The van der Waals surface area contributed by atoms with Crippen LogP contribution in [-0.2, 0) is 27.5 Å². The molecule has 164 valence electrons. The van der Waals surface area contributed by atoms with E-state index in [2.05, 4.69) is 17.1 Å². The minimum atomic E-state index is -3.42. The molecule has 1 amide bonds. The maximum absolute atomic E-state index is 13.0. The summed E-state index contributed by atoms with van der Waals surface area (Å²) in [6.07, 6.45) is 4.38. The van der Waals surface area contributed by atoms with Crippen LogP contribution in [0.25, 0.3) is 10.9 Å². The van der Waals surface area contributed by atoms with E-state index in [1.807, 2.05) is 44.3 Å². The van der Waals surface area contributed by atoms with Crippen molar-refractivity contribution in [1.82, 2.24) is 9.88 Å². The van der Waals surface area contributed by atoms with E-state index in [1.165, 1.54) is 5.56 Å². The van der Waals surface area contributed by atoms with Gasteiger partial charge in [-0.1, -0.05) is 24.3 Å². The highest BCUT2D eigenvalue weighted by Crippen LogP contribution is 2.37. The van der Waals surface area contributed by atoms with E-state index in [0.717, 1.165) is 39.6 Å². The third kappa shape index (κ3) is 4.46. The second-order valence-electron chi connectivity index (χ2n) is 8.24. The van der Waals surface area contributed by atoms with Crippen molar-refractivity contribution in [1.29, 1.82) is 0 Å². The van der Waals surface area contributed by atoms with E-state index in [0.29, 0.717) is 26.0 Å². The molecule has 1 aliphatic heterocycles. The molecule has 4 rings (SSSR count). The Morgan fingerprint density at radius 1 is 1.26 bits per heavy atom. The molecule has 0 saturated heterocycles. The van der Waals surface area contributed by atoms with Crippen LogP contribution in [0.1, 0.15) is 35.2 Å². The Balaban J connectivity index is 1.78. The van der Waals surface area contributed by atoms with Crippen molar-refractivity contribution in [2.75, 3.05) is 25.2 Å². The Hall–Kier alpha value is -2.80. The van der Waals surface area contributed by atoms with Crippen molar-refractivity contribution in [3.8, 4) is 5.75 Å². The van der Waals surface area contributed by atoms with Crippen LogP contribution in [0.5, 0.6) is 5.75 Å². The molecule has 7 heteroatoms. The topological polar surface area (TPSA) is 79.5 Å². The number of ether oxygens (including phenoxy) is 1. The summed E-state index contributed by atoms with van der Waals surface area (Å²) in [6, 6.07) is 12.0. The second kappa shape index (κ2) is 8.38. The van der Waals surface area contributed by atoms with E-state index in [-0.39, 0.29) is 11.9 Å². The van der Waals surface area contributed by atoms with Crippen molar-refractivity contribution in [3.63, 3.8) is 0 Å². The Morgan fingerprint density at radius 3 is 2.77 bits per heavy atom. The first-order chi connectivity index (χ1) is 14.8. The lowest BCUT2D eigenvalue weighted by molar-refractivity contribution is -0.131. The summed E-state index contributed by atoms with van der Waals surface area (Å²) in [4.78, 5) is 18.0. The fraction of sp³-hybridized carbons (Fsp3) is 0.375. The number of H-pyrrole nitrogens is 1. The van der Waals surface area contributed by atoms with Crippen LogP contribution >= 0.6 is 0 Å².